The second-order valence-corrected chi connectivity index (χ2v) is 6.53. The molecule has 0 spiro atoms. The highest BCUT2D eigenvalue weighted by molar-refractivity contribution is 5.38. The Labute approximate surface area is 143 Å². The smallest absolute Gasteiger partial charge is 0.135 e. The van der Waals surface area contributed by atoms with E-state index < -0.39 is 0 Å². The van der Waals surface area contributed by atoms with Gasteiger partial charge < -0.3 is 14.0 Å². The predicted molar refractivity (Wildman–Crippen MR) is 92.6 cm³/mol. The number of hydrogen-bond donors (Lipinski definition) is 0. The number of methoxy groups -OCH3 is 2. The Morgan fingerprint density at radius 1 is 1.00 bits per heavy atom. The van der Waals surface area contributed by atoms with Crippen molar-refractivity contribution < 1.29 is 9.47 Å². The number of rotatable bonds is 5. The minimum absolute atomic E-state index is 0.403. The van der Waals surface area contributed by atoms with E-state index in [4.69, 9.17) is 9.47 Å². The van der Waals surface area contributed by atoms with Crippen LogP contribution < -0.4 is 9.47 Å². The molecule has 1 aromatic heterocycles. The van der Waals surface area contributed by atoms with E-state index >= 15 is 0 Å². The number of benzene rings is 1. The van der Waals surface area contributed by atoms with Crippen molar-refractivity contribution in [3.8, 4) is 11.5 Å². The summed E-state index contributed by atoms with van der Waals surface area (Å²) in [6, 6.07) is 6.06. The van der Waals surface area contributed by atoms with Gasteiger partial charge in [-0.25, -0.2) is 0 Å². The molecule has 6 heteroatoms. The van der Waals surface area contributed by atoms with E-state index in [-0.39, 0.29) is 0 Å². The average molecular weight is 330 g/mol. The van der Waals surface area contributed by atoms with E-state index in [1.54, 1.807) is 14.2 Å². The Kier molecular flexibility index (Phi) is 5.04. The summed E-state index contributed by atoms with van der Waals surface area (Å²) in [4.78, 5) is 2.45. The molecule has 2 aromatic rings. The molecule has 0 radical (unpaired) electrons. The summed E-state index contributed by atoms with van der Waals surface area (Å²) < 4.78 is 13.0. The molecule has 6 nitrogen and oxygen atoms in total. The molecular weight excluding hydrogens is 304 g/mol. The fourth-order valence-corrected chi connectivity index (χ4v) is 3.19. The van der Waals surface area contributed by atoms with Gasteiger partial charge in [0.25, 0.3) is 0 Å². The molecule has 0 atom stereocenters. The van der Waals surface area contributed by atoms with Crippen molar-refractivity contribution in [3.63, 3.8) is 0 Å². The van der Waals surface area contributed by atoms with Gasteiger partial charge in [0.15, 0.2) is 0 Å². The number of ether oxygens (including phenoxy) is 2. The average Bonchev–Trinajstić information content (AvgIpc) is 2.90. The summed E-state index contributed by atoms with van der Waals surface area (Å²) in [5.41, 5.74) is 1.20. The molecule has 130 valence electrons. The molecule has 0 N–H and O–H groups in total. The monoisotopic (exact) mass is 330 g/mol. The van der Waals surface area contributed by atoms with Crippen LogP contribution in [-0.2, 0) is 19.5 Å². The van der Waals surface area contributed by atoms with Crippen LogP contribution >= 0.6 is 0 Å². The molecule has 0 fully saturated rings. The van der Waals surface area contributed by atoms with Gasteiger partial charge in [0.2, 0.25) is 0 Å². The van der Waals surface area contributed by atoms with Crippen molar-refractivity contribution in [3.05, 3.63) is 35.4 Å². The molecule has 0 aliphatic carbocycles. The van der Waals surface area contributed by atoms with Gasteiger partial charge in [-0.05, 0) is 17.7 Å². The third-order valence-corrected chi connectivity index (χ3v) is 4.48. The van der Waals surface area contributed by atoms with Gasteiger partial charge in [-0.3, -0.25) is 4.90 Å². The maximum absolute atomic E-state index is 5.37. The van der Waals surface area contributed by atoms with Crippen LogP contribution in [0.25, 0.3) is 0 Å². The van der Waals surface area contributed by atoms with Crippen LogP contribution in [0.1, 0.15) is 37.0 Å². The van der Waals surface area contributed by atoms with Crippen LogP contribution in [0.5, 0.6) is 11.5 Å². The lowest BCUT2D eigenvalue weighted by Crippen LogP contribution is -2.26. The Morgan fingerprint density at radius 3 is 2.33 bits per heavy atom. The first-order valence-corrected chi connectivity index (χ1v) is 8.47. The molecule has 0 amide bonds. The first-order chi connectivity index (χ1) is 11.6. The van der Waals surface area contributed by atoms with Gasteiger partial charge in [0, 0.05) is 44.6 Å². The molecule has 24 heavy (non-hydrogen) atoms. The van der Waals surface area contributed by atoms with Crippen LogP contribution in [0.3, 0.4) is 0 Å². The number of hydrogen-bond acceptors (Lipinski definition) is 5. The fourth-order valence-electron chi connectivity index (χ4n) is 3.19. The first kappa shape index (κ1) is 16.8. The van der Waals surface area contributed by atoms with Crippen LogP contribution in [0.2, 0.25) is 0 Å². The molecule has 0 saturated heterocycles. The molecule has 0 unspecified atom stereocenters. The third kappa shape index (κ3) is 3.53. The maximum atomic E-state index is 5.37. The highest BCUT2D eigenvalue weighted by Crippen LogP contribution is 2.24. The summed E-state index contributed by atoms with van der Waals surface area (Å²) >= 11 is 0. The van der Waals surface area contributed by atoms with Crippen molar-refractivity contribution in [2.75, 3.05) is 27.3 Å². The minimum Gasteiger partial charge on any atom is -0.497 e. The molecule has 1 aliphatic rings. The SMILES string of the molecule is COc1cc(CN2CCc3nnc(C(C)C)n3CC2)cc(OC)c1. The van der Waals surface area contributed by atoms with Crippen molar-refractivity contribution in [2.45, 2.75) is 39.3 Å². The van der Waals surface area contributed by atoms with E-state index in [0.717, 1.165) is 55.7 Å². The highest BCUT2D eigenvalue weighted by Gasteiger charge is 2.20. The molecule has 0 bridgehead atoms. The largest absolute Gasteiger partial charge is 0.497 e. The first-order valence-electron chi connectivity index (χ1n) is 8.47. The lowest BCUT2D eigenvalue weighted by atomic mass is 10.2. The van der Waals surface area contributed by atoms with E-state index in [0.29, 0.717) is 5.92 Å². The normalized spacial score (nSPS) is 15.2. The summed E-state index contributed by atoms with van der Waals surface area (Å²) in [7, 11) is 3.37. The highest BCUT2D eigenvalue weighted by atomic mass is 16.5. The molecule has 1 aromatic carbocycles. The standard InChI is InChI=1S/C18H26N4O2/c1-13(2)18-20-19-17-5-6-21(7-8-22(17)18)12-14-9-15(23-3)11-16(10-14)24-4/h9-11,13H,5-8,12H2,1-4H3. The zero-order valence-corrected chi connectivity index (χ0v) is 15.0. The van der Waals surface area contributed by atoms with Crippen LogP contribution in [0.4, 0.5) is 0 Å². The van der Waals surface area contributed by atoms with Crippen molar-refractivity contribution in [1.82, 2.24) is 19.7 Å². The molecule has 3 rings (SSSR count). The fraction of sp³-hybridized carbons (Fsp3) is 0.556. The minimum atomic E-state index is 0.403. The van der Waals surface area contributed by atoms with Gasteiger partial charge in [0.05, 0.1) is 14.2 Å². The van der Waals surface area contributed by atoms with E-state index in [1.807, 2.05) is 6.07 Å². The molecular formula is C18H26N4O2. The van der Waals surface area contributed by atoms with Crippen molar-refractivity contribution in [2.24, 2.45) is 0 Å². The quantitative estimate of drug-likeness (QED) is 0.843. The molecule has 0 saturated carbocycles. The van der Waals surface area contributed by atoms with Crippen LogP contribution in [0.15, 0.2) is 18.2 Å². The van der Waals surface area contributed by atoms with E-state index in [9.17, 15) is 0 Å². The summed E-state index contributed by atoms with van der Waals surface area (Å²) in [6.45, 7) is 8.13. The number of nitrogens with zero attached hydrogens (tertiary/aromatic N) is 4. The Morgan fingerprint density at radius 2 is 1.71 bits per heavy atom. The number of aromatic nitrogens is 3. The van der Waals surface area contributed by atoms with Crippen LogP contribution in [-0.4, -0.2) is 47.0 Å². The Hall–Kier alpha value is -2.08. The Bertz CT molecular complexity index is 674. The van der Waals surface area contributed by atoms with Gasteiger partial charge in [-0.2, -0.15) is 0 Å². The third-order valence-electron chi connectivity index (χ3n) is 4.48. The second kappa shape index (κ2) is 7.21. The van der Waals surface area contributed by atoms with Crippen LogP contribution in [0, 0.1) is 0 Å². The Balaban J connectivity index is 1.72. The van der Waals surface area contributed by atoms with Gasteiger partial charge in [-0.15, -0.1) is 10.2 Å². The number of fused-ring (bicyclic) bond motifs is 1. The maximum Gasteiger partial charge on any atom is 0.135 e. The zero-order valence-electron chi connectivity index (χ0n) is 15.0. The predicted octanol–water partition coefficient (Wildman–Crippen LogP) is 2.48. The van der Waals surface area contributed by atoms with E-state index in [2.05, 4.69) is 45.6 Å². The van der Waals surface area contributed by atoms with Gasteiger partial charge in [0.1, 0.15) is 23.1 Å². The van der Waals surface area contributed by atoms with E-state index in [1.165, 1.54) is 5.56 Å². The topological polar surface area (TPSA) is 52.4 Å². The molecule has 1 aliphatic heterocycles. The van der Waals surface area contributed by atoms with Gasteiger partial charge in [-0.1, -0.05) is 13.8 Å². The zero-order chi connectivity index (χ0) is 17.1. The van der Waals surface area contributed by atoms with Crippen molar-refractivity contribution >= 4 is 0 Å². The molecule has 2 heterocycles. The lowest BCUT2D eigenvalue weighted by molar-refractivity contribution is 0.269. The lowest BCUT2D eigenvalue weighted by Gasteiger charge is -2.20. The summed E-state index contributed by atoms with van der Waals surface area (Å²) in [5.74, 6) is 4.26. The summed E-state index contributed by atoms with van der Waals surface area (Å²) in [5, 5.41) is 8.74. The van der Waals surface area contributed by atoms with Crippen molar-refractivity contribution in [1.29, 1.82) is 0 Å². The summed E-state index contributed by atoms with van der Waals surface area (Å²) in [6.07, 6.45) is 0.931. The second-order valence-electron chi connectivity index (χ2n) is 6.53. The van der Waals surface area contributed by atoms with Gasteiger partial charge >= 0.3 is 0 Å².